The number of carbonyl (C=O) groups excluding carboxylic acids is 2. The summed E-state index contributed by atoms with van der Waals surface area (Å²) in [5.74, 6) is 0.148. The molecule has 1 amide bonds. The minimum Gasteiger partial charge on any atom is -0.448 e. The van der Waals surface area contributed by atoms with Crippen LogP contribution < -0.4 is 0 Å². The van der Waals surface area contributed by atoms with Gasteiger partial charge in [-0.15, -0.1) is 0 Å². The molecule has 2 unspecified atom stereocenters. The first-order valence-electron chi connectivity index (χ1n) is 14.4. The third-order valence-corrected chi connectivity index (χ3v) is 9.02. The lowest BCUT2D eigenvalue weighted by Gasteiger charge is -2.47. The summed E-state index contributed by atoms with van der Waals surface area (Å²) in [7, 11) is 0. The molecule has 0 N–H and O–H groups in total. The van der Waals surface area contributed by atoms with Crippen molar-refractivity contribution in [2.75, 3.05) is 6.61 Å². The first-order valence-corrected chi connectivity index (χ1v) is 14.4. The van der Waals surface area contributed by atoms with Crippen LogP contribution in [0.25, 0.3) is 22.4 Å². The fourth-order valence-electron chi connectivity index (χ4n) is 7.14. The number of rotatable bonds is 5. The minimum atomic E-state index is -0.234. The number of benzene rings is 3. The number of amides is 1. The van der Waals surface area contributed by atoms with Crippen LogP contribution in [0.1, 0.15) is 59.5 Å². The molecule has 40 heavy (non-hydrogen) atoms. The third kappa shape index (κ3) is 4.40. The highest BCUT2D eigenvalue weighted by Crippen LogP contribution is 2.45. The first-order chi connectivity index (χ1) is 19.7. The Labute approximate surface area is 234 Å². The van der Waals surface area contributed by atoms with Gasteiger partial charge in [0.15, 0.2) is 5.78 Å². The van der Waals surface area contributed by atoms with Gasteiger partial charge in [-0.1, -0.05) is 78.9 Å². The van der Waals surface area contributed by atoms with Crippen molar-refractivity contribution in [1.82, 2.24) is 9.88 Å². The van der Waals surface area contributed by atoms with Gasteiger partial charge in [0.2, 0.25) is 0 Å². The molecule has 1 aromatic heterocycles. The third-order valence-electron chi connectivity index (χ3n) is 9.02. The Morgan fingerprint density at radius 3 is 2.02 bits per heavy atom. The molecule has 2 bridgehead atoms. The summed E-state index contributed by atoms with van der Waals surface area (Å²) >= 11 is 0. The van der Waals surface area contributed by atoms with Gasteiger partial charge in [0, 0.05) is 41.2 Å². The van der Waals surface area contributed by atoms with Gasteiger partial charge in [0.1, 0.15) is 6.61 Å². The maximum absolute atomic E-state index is 13.5. The molecular formula is C35H32N2O3. The van der Waals surface area contributed by atoms with Gasteiger partial charge in [-0.05, 0) is 66.5 Å². The van der Waals surface area contributed by atoms with Gasteiger partial charge in [-0.2, -0.15) is 0 Å². The van der Waals surface area contributed by atoms with Crippen LogP contribution in [0.5, 0.6) is 0 Å². The van der Waals surface area contributed by atoms with Crippen molar-refractivity contribution >= 4 is 11.9 Å². The maximum atomic E-state index is 13.5. The van der Waals surface area contributed by atoms with Crippen molar-refractivity contribution in [3.8, 4) is 22.4 Å². The van der Waals surface area contributed by atoms with Crippen molar-refractivity contribution in [1.29, 1.82) is 0 Å². The van der Waals surface area contributed by atoms with E-state index in [4.69, 9.17) is 4.74 Å². The van der Waals surface area contributed by atoms with Gasteiger partial charge in [0.05, 0.1) is 5.69 Å². The van der Waals surface area contributed by atoms with E-state index in [2.05, 4.69) is 53.5 Å². The zero-order valence-corrected chi connectivity index (χ0v) is 22.4. The van der Waals surface area contributed by atoms with E-state index in [-0.39, 0.29) is 35.8 Å². The van der Waals surface area contributed by atoms with Crippen LogP contribution in [-0.2, 0) is 4.74 Å². The van der Waals surface area contributed by atoms with Crippen molar-refractivity contribution in [3.05, 3.63) is 114 Å². The van der Waals surface area contributed by atoms with Crippen molar-refractivity contribution in [2.45, 2.75) is 50.1 Å². The standard InChI is InChI=1S/C35H32N2O3/c38-34(24-17-15-23(16-18-24)33-14-5-6-19-36-33)25-20-26-8-7-9-27(21-25)37(26)35(39)40-22-32-30-12-3-1-10-28(30)29-11-2-4-13-31(29)32/h1-6,10-19,25-27,32H,7-9,20-22H2. The van der Waals surface area contributed by atoms with Crippen molar-refractivity contribution in [3.63, 3.8) is 0 Å². The minimum absolute atomic E-state index is 0.0457. The average Bonchev–Trinajstić information content (AvgIpc) is 3.33. The molecule has 2 atom stereocenters. The molecule has 2 saturated heterocycles. The van der Waals surface area contributed by atoms with Crippen molar-refractivity contribution in [2.24, 2.45) is 5.92 Å². The van der Waals surface area contributed by atoms with E-state index in [1.54, 1.807) is 6.20 Å². The van der Waals surface area contributed by atoms with E-state index in [0.717, 1.165) is 36.1 Å². The van der Waals surface area contributed by atoms with Gasteiger partial charge in [0.25, 0.3) is 0 Å². The molecule has 1 aliphatic carbocycles. The summed E-state index contributed by atoms with van der Waals surface area (Å²) in [5.41, 5.74) is 7.51. The lowest BCUT2D eigenvalue weighted by molar-refractivity contribution is 0.00651. The van der Waals surface area contributed by atoms with E-state index >= 15 is 0 Å². The fourth-order valence-corrected chi connectivity index (χ4v) is 7.14. The summed E-state index contributed by atoms with van der Waals surface area (Å²) in [4.78, 5) is 33.4. The number of fused-ring (bicyclic) bond motifs is 5. The molecule has 7 rings (SSSR count). The van der Waals surface area contributed by atoms with Crippen LogP contribution in [0, 0.1) is 5.92 Å². The number of piperidine rings is 2. The van der Waals surface area contributed by atoms with E-state index in [1.807, 2.05) is 47.4 Å². The first kappa shape index (κ1) is 24.8. The highest BCUT2D eigenvalue weighted by Gasteiger charge is 2.44. The summed E-state index contributed by atoms with van der Waals surface area (Å²) < 4.78 is 6.05. The second kappa shape index (κ2) is 10.4. The number of Topliss-reactive ketones (excluding diaryl/α,β-unsaturated/α-hetero) is 1. The number of ketones is 1. The molecule has 3 aliphatic rings. The molecule has 5 heteroatoms. The topological polar surface area (TPSA) is 59.5 Å². The zero-order valence-electron chi connectivity index (χ0n) is 22.4. The van der Waals surface area contributed by atoms with E-state index in [0.29, 0.717) is 19.4 Å². The lowest BCUT2D eigenvalue weighted by Crippen LogP contribution is -2.55. The maximum Gasteiger partial charge on any atom is 0.410 e. The van der Waals surface area contributed by atoms with Crippen LogP contribution in [-0.4, -0.2) is 40.5 Å². The van der Waals surface area contributed by atoms with Gasteiger partial charge in [-0.25, -0.2) is 4.79 Å². The SMILES string of the molecule is O=C(c1ccc(-c2ccccn2)cc1)C1CC2CCCC(C1)N2C(=O)OCC1c2ccccc2-c2ccccc21. The molecule has 0 spiro atoms. The lowest BCUT2D eigenvalue weighted by atomic mass is 9.76. The number of hydrogen-bond donors (Lipinski definition) is 0. The molecule has 2 fully saturated rings. The normalized spacial score (nSPS) is 21.4. The largest absolute Gasteiger partial charge is 0.448 e. The van der Waals surface area contributed by atoms with Crippen LogP contribution in [0.3, 0.4) is 0 Å². The van der Waals surface area contributed by atoms with Gasteiger partial charge < -0.3 is 9.64 Å². The van der Waals surface area contributed by atoms with Crippen LogP contribution in [0.2, 0.25) is 0 Å². The quantitative estimate of drug-likeness (QED) is 0.252. The number of ether oxygens (including phenoxy) is 1. The number of hydrogen-bond acceptors (Lipinski definition) is 4. The Morgan fingerprint density at radius 1 is 0.775 bits per heavy atom. The molecule has 0 saturated carbocycles. The van der Waals surface area contributed by atoms with Crippen LogP contribution in [0.15, 0.2) is 97.2 Å². The highest BCUT2D eigenvalue weighted by atomic mass is 16.6. The molecule has 2 aliphatic heterocycles. The second-order valence-corrected chi connectivity index (χ2v) is 11.3. The summed E-state index contributed by atoms with van der Waals surface area (Å²) in [6, 6.07) is 30.5. The van der Waals surface area contributed by atoms with Gasteiger partial charge >= 0.3 is 6.09 Å². The predicted molar refractivity (Wildman–Crippen MR) is 155 cm³/mol. The number of carbonyl (C=O) groups is 2. The zero-order chi connectivity index (χ0) is 27.1. The van der Waals surface area contributed by atoms with Gasteiger partial charge in [-0.3, -0.25) is 9.78 Å². The van der Waals surface area contributed by atoms with Crippen LogP contribution >= 0.6 is 0 Å². The number of aromatic nitrogens is 1. The Kier molecular flexibility index (Phi) is 6.43. The molecule has 3 heterocycles. The molecular weight excluding hydrogens is 496 g/mol. The fraction of sp³-hybridized carbons (Fsp3) is 0.286. The number of pyridine rings is 1. The highest BCUT2D eigenvalue weighted by molar-refractivity contribution is 5.98. The smallest absolute Gasteiger partial charge is 0.410 e. The Morgan fingerprint density at radius 2 is 1.40 bits per heavy atom. The predicted octanol–water partition coefficient (Wildman–Crippen LogP) is 7.51. The Bertz CT molecular complexity index is 1490. The number of nitrogens with zero attached hydrogens (tertiary/aromatic N) is 2. The molecule has 200 valence electrons. The summed E-state index contributed by atoms with van der Waals surface area (Å²) in [6.45, 7) is 0.327. The monoisotopic (exact) mass is 528 g/mol. The molecule has 4 aromatic rings. The van der Waals surface area contributed by atoms with E-state index in [9.17, 15) is 9.59 Å². The Hall–Kier alpha value is -4.25. The Balaban J connectivity index is 1.03. The molecule has 3 aromatic carbocycles. The summed E-state index contributed by atoms with van der Waals surface area (Å²) in [5, 5.41) is 0. The second-order valence-electron chi connectivity index (χ2n) is 11.3. The molecule has 5 nitrogen and oxygen atoms in total. The van der Waals surface area contributed by atoms with Crippen molar-refractivity contribution < 1.29 is 14.3 Å². The van der Waals surface area contributed by atoms with Crippen LogP contribution in [0.4, 0.5) is 4.79 Å². The average molecular weight is 529 g/mol. The summed E-state index contributed by atoms with van der Waals surface area (Å²) in [6.07, 6.45) is 5.86. The molecule has 0 radical (unpaired) electrons. The van der Waals surface area contributed by atoms with E-state index in [1.165, 1.54) is 22.3 Å². The van der Waals surface area contributed by atoms with E-state index < -0.39 is 0 Å².